The zero-order chi connectivity index (χ0) is 24.1. The van der Waals surface area contributed by atoms with E-state index in [1.807, 2.05) is 36.4 Å². The molecular formula is C27H34N4O3. The molecule has 2 N–H and O–H groups in total. The molecule has 1 aromatic heterocycles. The van der Waals surface area contributed by atoms with Crippen molar-refractivity contribution in [3.63, 3.8) is 0 Å². The third kappa shape index (κ3) is 5.97. The Morgan fingerprint density at radius 3 is 2.24 bits per heavy atom. The fraction of sp³-hybridized carbons (Fsp3) is 0.407. The van der Waals surface area contributed by atoms with Gasteiger partial charge in [-0.25, -0.2) is 0 Å². The Balaban J connectivity index is 1.33. The molecule has 2 atom stereocenters. The standard InChI is InChI=1S/C27H34N4O3/c1-18-16-31(17-19(2)28-18)24-9-6-21(7-10-24)27(32)14-23-13-22(29-30-23)8-5-20-11-25(33-3)15-26(12-20)34-4/h6-7,9-13,15,18-19,28H,5,8,14,16-17H2,1-4H3,(H,29,30)/t18-,19+. The highest BCUT2D eigenvalue weighted by atomic mass is 16.5. The summed E-state index contributed by atoms with van der Waals surface area (Å²) in [6.45, 7) is 6.34. The van der Waals surface area contributed by atoms with Crippen LogP contribution in [0.1, 0.15) is 41.2 Å². The number of Topliss-reactive ketones (excluding diaryl/α,β-unsaturated/α-hetero) is 1. The van der Waals surface area contributed by atoms with E-state index in [0.717, 1.165) is 65.6 Å². The molecule has 0 unspecified atom stereocenters. The molecule has 4 rings (SSSR count). The van der Waals surface area contributed by atoms with Gasteiger partial charge in [0, 0.05) is 48.2 Å². The van der Waals surface area contributed by atoms with Crippen LogP contribution in [0.25, 0.3) is 0 Å². The van der Waals surface area contributed by atoms with Crippen LogP contribution in [-0.4, -0.2) is 55.4 Å². The average molecular weight is 463 g/mol. The average Bonchev–Trinajstić information content (AvgIpc) is 3.29. The summed E-state index contributed by atoms with van der Waals surface area (Å²) in [5.74, 6) is 1.63. The lowest BCUT2D eigenvalue weighted by atomic mass is 10.0. The molecule has 1 aliphatic heterocycles. The van der Waals surface area contributed by atoms with Crippen LogP contribution in [0.4, 0.5) is 5.69 Å². The first-order valence-electron chi connectivity index (χ1n) is 11.8. The van der Waals surface area contributed by atoms with Crippen LogP contribution in [0.3, 0.4) is 0 Å². The molecule has 1 saturated heterocycles. The highest BCUT2D eigenvalue weighted by Gasteiger charge is 2.21. The third-order valence-electron chi connectivity index (χ3n) is 6.23. The van der Waals surface area contributed by atoms with Crippen molar-refractivity contribution in [2.24, 2.45) is 0 Å². The number of nitrogens with zero attached hydrogens (tertiary/aromatic N) is 2. The van der Waals surface area contributed by atoms with Crippen LogP contribution < -0.4 is 19.7 Å². The van der Waals surface area contributed by atoms with Crippen LogP contribution in [0.15, 0.2) is 48.5 Å². The second kappa shape index (κ2) is 10.7. The Kier molecular flexibility index (Phi) is 7.53. The van der Waals surface area contributed by atoms with Crippen molar-refractivity contribution in [3.05, 3.63) is 71.0 Å². The van der Waals surface area contributed by atoms with Gasteiger partial charge in [0.15, 0.2) is 5.78 Å². The van der Waals surface area contributed by atoms with Crippen molar-refractivity contribution in [1.82, 2.24) is 15.5 Å². The topological polar surface area (TPSA) is 79.5 Å². The number of H-pyrrole nitrogens is 1. The van der Waals surface area contributed by atoms with Crippen molar-refractivity contribution in [2.75, 3.05) is 32.2 Å². The molecule has 0 bridgehead atoms. The molecule has 2 aromatic carbocycles. The molecule has 3 aromatic rings. The normalized spacial score (nSPS) is 18.1. The van der Waals surface area contributed by atoms with Gasteiger partial charge in [-0.3, -0.25) is 9.89 Å². The molecule has 2 heterocycles. The van der Waals surface area contributed by atoms with Crippen molar-refractivity contribution in [2.45, 2.75) is 45.2 Å². The molecule has 0 amide bonds. The Morgan fingerprint density at radius 1 is 0.971 bits per heavy atom. The number of carbonyl (C=O) groups excluding carboxylic acids is 1. The summed E-state index contributed by atoms with van der Waals surface area (Å²) >= 11 is 0. The van der Waals surface area contributed by atoms with Gasteiger partial charge < -0.3 is 19.7 Å². The zero-order valence-corrected chi connectivity index (χ0v) is 20.4. The summed E-state index contributed by atoms with van der Waals surface area (Å²) in [7, 11) is 3.30. The van der Waals surface area contributed by atoms with Gasteiger partial charge in [0.05, 0.1) is 26.3 Å². The quantitative estimate of drug-likeness (QED) is 0.471. The fourth-order valence-corrected chi connectivity index (χ4v) is 4.58. The maximum Gasteiger partial charge on any atom is 0.168 e. The number of aromatic amines is 1. The van der Waals surface area contributed by atoms with Crippen LogP contribution in [0, 0.1) is 0 Å². The minimum Gasteiger partial charge on any atom is -0.497 e. The van der Waals surface area contributed by atoms with Gasteiger partial charge in [0.2, 0.25) is 0 Å². The number of ketones is 1. The van der Waals surface area contributed by atoms with Crippen molar-refractivity contribution in [1.29, 1.82) is 0 Å². The number of aromatic nitrogens is 2. The van der Waals surface area contributed by atoms with Crippen LogP contribution >= 0.6 is 0 Å². The monoisotopic (exact) mass is 462 g/mol. The number of carbonyl (C=O) groups is 1. The predicted molar refractivity (Wildman–Crippen MR) is 134 cm³/mol. The second-order valence-electron chi connectivity index (χ2n) is 9.13. The van der Waals surface area contributed by atoms with Gasteiger partial charge in [-0.1, -0.05) is 0 Å². The molecule has 0 aliphatic carbocycles. The smallest absolute Gasteiger partial charge is 0.168 e. The van der Waals surface area contributed by atoms with Crippen molar-refractivity contribution < 1.29 is 14.3 Å². The first-order chi connectivity index (χ1) is 16.4. The number of nitrogens with one attached hydrogen (secondary N) is 2. The SMILES string of the molecule is COc1cc(CCc2cc(CC(=O)c3ccc(N4C[C@@H](C)N[C@@H](C)C4)cc3)[nH]n2)cc(OC)c1. The van der Waals surface area contributed by atoms with E-state index < -0.39 is 0 Å². The van der Waals surface area contributed by atoms with E-state index in [9.17, 15) is 4.79 Å². The van der Waals surface area contributed by atoms with Gasteiger partial charge >= 0.3 is 0 Å². The minimum atomic E-state index is 0.0846. The fourth-order valence-electron chi connectivity index (χ4n) is 4.58. The lowest BCUT2D eigenvalue weighted by Gasteiger charge is -2.37. The maximum absolute atomic E-state index is 12.8. The van der Waals surface area contributed by atoms with Crippen LogP contribution in [0.2, 0.25) is 0 Å². The van der Waals surface area contributed by atoms with E-state index in [1.54, 1.807) is 14.2 Å². The van der Waals surface area contributed by atoms with Crippen molar-refractivity contribution in [3.8, 4) is 11.5 Å². The highest BCUT2D eigenvalue weighted by molar-refractivity contribution is 5.97. The Morgan fingerprint density at radius 2 is 1.62 bits per heavy atom. The van der Waals surface area contributed by atoms with Gasteiger partial charge in [0.1, 0.15) is 11.5 Å². The molecule has 0 radical (unpaired) electrons. The van der Waals surface area contributed by atoms with E-state index in [4.69, 9.17) is 9.47 Å². The molecule has 0 saturated carbocycles. The van der Waals surface area contributed by atoms with Gasteiger partial charge in [-0.05, 0) is 74.7 Å². The molecule has 7 heteroatoms. The summed E-state index contributed by atoms with van der Waals surface area (Å²) in [6.07, 6.45) is 1.87. The number of rotatable bonds is 9. The van der Waals surface area contributed by atoms with E-state index in [2.05, 4.69) is 46.4 Å². The van der Waals surface area contributed by atoms with E-state index in [1.165, 1.54) is 0 Å². The van der Waals surface area contributed by atoms with E-state index >= 15 is 0 Å². The number of ether oxygens (including phenoxy) is 2. The van der Waals surface area contributed by atoms with Gasteiger partial charge in [-0.15, -0.1) is 0 Å². The Bertz CT molecular complexity index is 1080. The minimum absolute atomic E-state index is 0.0846. The summed E-state index contributed by atoms with van der Waals surface area (Å²) in [4.78, 5) is 15.2. The first kappa shape index (κ1) is 23.8. The van der Waals surface area contributed by atoms with E-state index in [0.29, 0.717) is 18.5 Å². The number of piperazine rings is 1. The van der Waals surface area contributed by atoms with Crippen molar-refractivity contribution >= 4 is 11.5 Å². The summed E-state index contributed by atoms with van der Waals surface area (Å²) in [5.41, 5.74) is 4.76. The Labute approximate surface area is 201 Å². The number of hydrogen-bond acceptors (Lipinski definition) is 6. The highest BCUT2D eigenvalue weighted by Crippen LogP contribution is 2.24. The number of benzene rings is 2. The molecule has 0 spiro atoms. The maximum atomic E-state index is 12.8. The van der Waals surface area contributed by atoms with Crippen LogP contribution in [0.5, 0.6) is 11.5 Å². The summed E-state index contributed by atoms with van der Waals surface area (Å²) in [6, 6.07) is 16.7. The summed E-state index contributed by atoms with van der Waals surface area (Å²) in [5, 5.41) is 11.0. The van der Waals surface area contributed by atoms with Gasteiger partial charge in [0.25, 0.3) is 0 Å². The van der Waals surface area contributed by atoms with Gasteiger partial charge in [-0.2, -0.15) is 5.10 Å². The first-order valence-corrected chi connectivity index (χ1v) is 11.8. The lowest BCUT2D eigenvalue weighted by Crippen LogP contribution is -2.54. The molecule has 1 aliphatic rings. The van der Waals surface area contributed by atoms with Crippen LogP contribution in [-0.2, 0) is 19.3 Å². The largest absolute Gasteiger partial charge is 0.497 e. The predicted octanol–water partition coefficient (Wildman–Crippen LogP) is 3.82. The number of hydrogen-bond donors (Lipinski definition) is 2. The molecular weight excluding hydrogens is 428 g/mol. The molecule has 7 nitrogen and oxygen atoms in total. The molecule has 1 fully saturated rings. The van der Waals surface area contributed by atoms with E-state index in [-0.39, 0.29) is 5.78 Å². The second-order valence-corrected chi connectivity index (χ2v) is 9.13. The summed E-state index contributed by atoms with van der Waals surface area (Å²) < 4.78 is 10.7. The zero-order valence-electron chi connectivity index (χ0n) is 20.4. The molecule has 180 valence electrons. The number of aryl methyl sites for hydroxylation is 2. The molecule has 34 heavy (non-hydrogen) atoms. The lowest BCUT2D eigenvalue weighted by molar-refractivity contribution is 0.0992. The third-order valence-corrected chi connectivity index (χ3v) is 6.23. The number of anilines is 1. The number of methoxy groups -OCH3 is 2. The Hall–Kier alpha value is -3.32.